The van der Waals surface area contributed by atoms with Crippen molar-refractivity contribution in [1.29, 1.82) is 0 Å². The summed E-state index contributed by atoms with van der Waals surface area (Å²) in [5, 5.41) is 2.90. The number of nitrogens with zero attached hydrogens (tertiary/aromatic N) is 5. The third-order valence-corrected chi connectivity index (χ3v) is 11.0. The zero-order valence-electron chi connectivity index (χ0n) is 31.7. The zero-order chi connectivity index (χ0) is 40.8. The van der Waals surface area contributed by atoms with E-state index in [1.807, 2.05) is 19.1 Å². The van der Waals surface area contributed by atoms with Gasteiger partial charge in [0.1, 0.15) is 18.1 Å². The van der Waals surface area contributed by atoms with Crippen LogP contribution in [0.1, 0.15) is 46.5 Å². The number of aryl methyl sites for hydroxylation is 2. The molecule has 300 valence electrons. The van der Waals surface area contributed by atoms with Gasteiger partial charge in [-0.2, -0.15) is 0 Å². The molecule has 3 fully saturated rings. The van der Waals surface area contributed by atoms with Gasteiger partial charge >= 0.3 is 6.29 Å². The number of alkyl halides is 2. The number of rotatable bonds is 10. The molecule has 2 aromatic heterocycles. The first-order valence-corrected chi connectivity index (χ1v) is 19.0. The van der Waals surface area contributed by atoms with Crippen LogP contribution in [0, 0.1) is 6.92 Å². The number of ether oxygens (including phenoxy) is 2. The molecule has 0 unspecified atom stereocenters. The summed E-state index contributed by atoms with van der Waals surface area (Å²) in [4.78, 5) is 76.0. The fraction of sp³-hybridized carbons (Fsp3) is 0.333. The van der Waals surface area contributed by atoms with E-state index in [0.717, 1.165) is 5.56 Å². The van der Waals surface area contributed by atoms with E-state index in [2.05, 4.69) is 21.4 Å². The lowest BCUT2D eigenvalue weighted by Crippen LogP contribution is -2.52. The normalized spacial score (nSPS) is 17.9. The van der Waals surface area contributed by atoms with E-state index in [-0.39, 0.29) is 54.0 Å². The van der Waals surface area contributed by atoms with Gasteiger partial charge in [-0.25, -0.2) is 4.98 Å². The summed E-state index contributed by atoms with van der Waals surface area (Å²) in [6.45, 7) is 7.40. The van der Waals surface area contributed by atoms with Crippen LogP contribution in [-0.4, -0.2) is 101 Å². The van der Waals surface area contributed by atoms with Crippen molar-refractivity contribution < 1.29 is 46.6 Å². The van der Waals surface area contributed by atoms with Gasteiger partial charge in [0.25, 0.3) is 5.91 Å². The molecule has 0 spiro atoms. The van der Waals surface area contributed by atoms with Crippen molar-refractivity contribution >= 4 is 41.2 Å². The van der Waals surface area contributed by atoms with Gasteiger partial charge in [0.2, 0.25) is 29.5 Å². The first-order valence-electron chi connectivity index (χ1n) is 19.0. The second-order valence-corrected chi connectivity index (χ2v) is 14.7. The summed E-state index contributed by atoms with van der Waals surface area (Å²) >= 11 is 0. The fourth-order valence-corrected chi connectivity index (χ4v) is 7.54. The molecule has 4 aromatic rings. The summed E-state index contributed by atoms with van der Waals surface area (Å²) in [6.07, 6.45) is -0.977. The first kappa shape index (κ1) is 38.3. The minimum atomic E-state index is -3.75. The SMILES string of the molecule is C=CC(=O)N1CCN(c2ccc(CCC(=O)N3CCN(C(=O)c4cccc(-c5nc(NC(=O)C6(c7ccc8c(c7)OC(F)(F)O8)CC6)ccc5C)c4)CC3)o2)C(=O)C1. The Kier molecular flexibility index (Phi) is 9.95. The number of nitrogens with one attached hydrogen (secondary N) is 1. The second kappa shape index (κ2) is 15.1. The molecule has 0 bridgehead atoms. The van der Waals surface area contributed by atoms with Crippen molar-refractivity contribution in [2.45, 2.75) is 44.3 Å². The standard InChI is InChI=1S/C42H40F2N6O8/c1-3-34(51)49-21-22-50(36(53)25-49)37-14-10-30(56-37)9-13-35(52)47-17-19-48(20-18-47)39(54)28-6-4-5-27(23-28)38-26(2)7-12-33(45-38)46-40(55)41(15-16-41)29-8-11-31-32(24-29)58-42(43,44)57-31/h3-8,10-12,14,23-24H,1,9,13,15-22,25H2,2H3,(H,45,46,55). The number of aromatic nitrogens is 1. The van der Waals surface area contributed by atoms with Crippen molar-refractivity contribution in [2.24, 2.45) is 0 Å². The Labute approximate surface area is 332 Å². The number of hydrogen-bond acceptors (Lipinski definition) is 9. The summed E-state index contributed by atoms with van der Waals surface area (Å²) in [7, 11) is 0. The van der Waals surface area contributed by atoms with E-state index in [1.54, 1.807) is 52.3 Å². The molecule has 3 aliphatic heterocycles. The number of fused-ring (bicyclic) bond motifs is 1. The number of pyridine rings is 1. The molecule has 8 rings (SSSR count). The van der Waals surface area contributed by atoms with Gasteiger partial charge in [0.05, 0.1) is 11.1 Å². The molecule has 2 saturated heterocycles. The Bertz CT molecular complexity index is 2330. The second-order valence-electron chi connectivity index (χ2n) is 14.7. The highest BCUT2D eigenvalue weighted by Crippen LogP contribution is 2.52. The predicted octanol–water partition coefficient (Wildman–Crippen LogP) is 4.92. The highest BCUT2D eigenvalue weighted by atomic mass is 19.3. The van der Waals surface area contributed by atoms with Crippen molar-refractivity contribution in [3.63, 3.8) is 0 Å². The van der Waals surface area contributed by atoms with Crippen LogP contribution in [0.25, 0.3) is 11.3 Å². The number of amides is 5. The van der Waals surface area contributed by atoms with Gasteiger partial charge in [0.15, 0.2) is 11.5 Å². The third kappa shape index (κ3) is 7.61. The van der Waals surface area contributed by atoms with E-state index >= 15 is 0 Å². The molecule has 58 heavy (non-hydrogen) atoms. The highest BCUT2D eigenvalue weighted by molar-refractivity contribution is 6.01. The van der Waals surface area contributed by atoms with Crippen molar-refractivity contribution in [2.75, 3.05) is 56.0 Å². The molecule has 1 aliphatic carbocycles. The molecule has 14 nitrogen and oxygen atoms in total. The average Bonchev–Trinajstić information content (AvgIpc) is 3.80. The van der Waals surface area contributed by atoms with Gasteiger partial charge < -0.3 is 33.9 Å². The molecule has 2 aromatic carbocycles. The van der Waals surface area contributed by atoms with Crippen LogP contribution in [0.2, 0.25) is 0 Å². The minimum absolute atomic E-state index is 0.0599. The molecule has 1 saturated carbocycles. The fourth-order valence-electron chi connectivity index (χ4n) is 7.54. The molecular formula is C42H40F2N6O8. The number of benzene rings is 2. The number of halogens is 2. The van der Waals surface area contributed by atoms with E-state index < -0.39 is 11.7 Å². The Morgan fingerprint density at radius 3 is 2.36 bits per heavy atom. The molecule has 5 heterocycles. The van der Waals surface area contributed by atoms with Crippen LogP contribution in [-0.2, 0) is 31.0 Å². The van der Waals surface area contributed by atoms with Gasteiger partial charge in [-0.15, -0.1) is 8.78 Å². The monoisotopic (exact) mass is 794 g/mol. The van der Waals surface area contributed by atoms with Gasteiger partial charge in [-0.05, 0) is 73.4 Å². The Morgan fingerprint density at radius 2 is 1.62 bits per heavy atom. The third-order valence-electron chi connectivity index (χ3n) is 11.0. The van der Waals surface area contributed by atoms with Crippen LogP contribution >= 0.6 is 0 Å². The average molecular weight is 795 g/mol. The molecule has 0 atom stereocenters. The quantitative estimate of drug-likeness (QED) is 0.221. The van der Waals surface area contributed by atoms with Crippen LogP contribution < -0.4 is 19.7 Å². The zero-order valence-corrected chi connectivity index (χ0v) is 31.7. The first-order chi connectivity index (χ1) is 27.8. The number of furan rings is 1. The summed E-state index contributed by atoms with van der Waals surface area (Å²) in [6, 6.07) is 18.4. The van der Waals surface area contributed by atoms with Gasteiger partial charge in [-0.3, -0.25) is 28.9 Å². The molecule has 1 N–H and O–H groups in total. The maximum absolute atomic E-state index is 13.7. The summed E-state index contributed by atoms with van der Waals surface area (Å²) in [5.74, 6) is -0.0864. The highest BCUT2D eigenvalue weighted by Gasteiger charge is 2.53. The molecular weight excluding hydrogens is 754 g/mol. The molecule has 4 aliphatic rings. The van der Waals surface area contributed by atoms with Crippen LogP contribution in [0.4, 0.5) is 20.5 Å². The Morgan fingerprint density at radius 1 is 0.879 bits per heavy atom. The van der Waals surface area contributed by atoms with E-state index in [1.165, 1.54) is 28.0 Å². The number of carbonyl (C=O) groups is 5. The number of piperazine rings is 2. The topological polar surface area (TPSA) is 155 Å². The number of hydrogen-bond donors (Lipinski definition) is 1. The number of carbonyl (C=O) groups excluding carboxylic acids is 5. The lowest BCUT2D eigenvalue weighted by atomic mass is 9.94. The molecule has 5 amide bonds. The van der Waals surface area contributed by atoms with Crippen molar-refractivity contribution in [3.05, 3.63) is 102 Å². The van der Waals surface area contributed by atoms with Gasteiger partial charge in [0, 0.05) is 69.3 Å². The molecule has 0 radical (unpaired) electrons. The van der Waals surface area contributed by atoms with Gasteiger partial charge in [-0.1, -0.05) is 30.8 Å². The lowest BCUT2D eigenvalue weighted by Gasteiger charge is -2.35. The number of anilines is 2. The van der Waals surface area contributed by atoms with Crippen LogP contribution in [0.3, 0.4) is 0 Å². The molecule has 16 heteroatoms. The Balaban J connectivity index is 0.847. The Hall–Kier alpha value is -6.58. The maximum atomic E-state index is 13.7. The predicted molar refractivity (Wildman–Crippen MR) is 205 cm³/mol. The summed E-state index contributed by atoms with van der Waals surface area (Å²) in [5.41, 5.74) is 2.18. The van der Waals surface area contributed by atoms with Crippen LogP contribution in [0.15, 0.2) is 83.8 Å². The van der Waals surface area contributed by atoms with E-state index in [4.69, 9.17) is 9.40 Å². The summed E-state index contributed by atoms with van der Waals surface area (Å²) < 4.78 is 42.2. The van der Waals surface area contributed by atoms with Crippen LogP contribution in [0.5, 0.6) is 11.5 Å². The maximum Gasteiger partial charge on any atom is 0.586 e. The van der Waals surface area contributed by atoms with E-state index in [0.29, 0.717) is 98.4 Å². The van der Waals surface area contributed by atoms with Crippen molar-refractivity contribution in [1.82, 2.24) is 19.7 Å². The minimum Gasteiger partial charge on any atom is -0.445 e. The lowest BCUT2D eigenvalue weighted by molar-refractivity contribution is -0.286. The smallest absolute Gasteiger partial charge is 0.445 e. The largest absolute Gasteiger partial charge is 0.586 e. The van der Waals surface area contributed by atoms with Crippen molar-refractivity contribution in [3.8, 4) is 22.8 Å². The van der Waals surface area contributed by atoms with E-state index in [9.17, 15) is 32.8 Å².